The summed E-state index contributed by atoms with van der Waals surface area (Å²) in [5.41, 5.74) is 5.59. The van der Waals surface area contributed by atoms with Crippen molar-refractivity contribution in [2.45, 2.75) is 103 Å². The molecular weight excluding hydrogens is 328 g/mol. The zero-order chi connectivity index (χ0) is 18.6. The zero-order valence-electron chi connectivity index (χ0n) is 16.5. The standard InChI is InChI=1S/C21H42N2OS/c1-2-3-4-5-6-7-8-9-10-11-12-13-14-15-16-17-18-23-21(24)20(22)19-25/h9-10,20,25H,2-8,11-19,22H2,1H3,(H,23,24)/b10-9-/t20-/m0/s1. The molecule has 4 heteroatoms. The summed E-state index contributed by atoms with van der Waals surface area (Å²) in [7, 11) is 0. The van der Waals surface area contributed by atoms with Gasteiger partial charge in [0.25, 0.3) is 0 Å². The molecule has 0 aliphatic rings. The Kier molecular flexibility index (Phi) is 19.5. The van der Waals surface area contributed by atoms with E-state index in [9.17, 15) is 4.79 Å². The Labute approximate surface area is 162 Å². The number of nitrogens with one attached hydrogen (secondary N) is 1. The third-order valence-corrected chi connectivity index (χ3v) is 4.91. The second-order valence-corrected chi connectivity index (χ2v) is 7.38. The number of hydrogen-bond acceptors (Lipinski definition) is 3. The van der Waals surface area contributed by atoms with Gasteiger partial charge in [-0.1, -0.05) is 76.9 Å². The summed E-state index contributed by atoms with van der Waals surface area (Å²) in [6, 6.07) is -0.475. The van der Waals surface area contributed by atoms with Crippen LogP contribution in [-0.2, 0) is 4.79 Å². The molecule has 0 radical (unpaired) electrons. The van der Waals surface area contributed by atoms with Gasteiger partial charge < -0.3 is 11.1 Å². The van der Waals surface area contributed by atoms with Gasteiger partial charge >= 0.3 is 0 Å². The van der Waals surface area contributed by atoms with Crippen LogP contribution in [0.5, 0.6) is 0 Å². The second kappa shape index (κ2) is 19.8. The van der Waals surface area contributed by atoms with Gasteiger partial charge in [0.2, 0.25) is 5.91 Å². The topological polar surface area (TPSA) is 55.1 Å². The van der Waals surface area contributed by atoms with Crippen LogP contribution in [-0.4, -0.2) is 24.2 Å². The molecule has 0 saturated carbocycles. The van der Waals surface area contributed by atoms with E-state index in [2.05, 4.69) is 37.0 Å². The first-order valence-electron chi connectivity index (χ1n) is 10.5. The van der Waals surface area contributed by atoms with Crippen LogP contribution in [0.3, 0.4) is 0 Å². The molecule has 0 heterocycles. The highest BCUT2D eigenvalue weighted by molar-refractivity contribution is 7.80. The fraction of sp³-hybridized carbons (Fsp3) is 0.857. The summed E-state index contributed by atoms with van der Waals surface area (Å²) in [5, 5.41) is 2.86. The van der Waals surface area contributed by atoms with E-state index in [-0.39, 0.29) is 5.91 Å². The maximum absolute atomic E-state index is 11.4. The maximum Gasteiger partial charge on any atom is 0.237 e. The Morgan fingerprint density at radius 3 is 1.88 bits per heavy atom. The van der Waals surface area contributed by atoms with Gasteiger partial charge in [-0.2, -0.15) is 12.6 Å². The minimum Gasteiger partial charge on any atom is -0.355 e. The van der Waals surface area contributed by atoms with Gasteiger partial charge in [-0.3, -0.25) is 4.79 Å². The van der Waals surface area contributed by atoms with Crippen LogP contribution in [0.2, 0.25) is 0 Å². The largest absolute Gasteiger partial charge is 0.355 e. The maximum atomic E-state index is 11.4. The van der Waals surface area contributed by atoms with E-state index in [4.69, 9.17) is 5.73 Å². The summed E-state index contributed by atoms with van der Waals surface area (Å²) in [6.07, 6.45) is 22.9. The van der Waals surface area contributed by atoms with Crippen LogP contribution in [0.25, 0.3) is 0 Å². The SMILES string of the molecule is CCCCCCCC/C=C\CCCCCCCCNC(=O)[C@@H](N)CS. The lowest BCUT2D eigenvalue weighted by molar-refractivity contribution is -0.121. The number of rotatable bonds is 18. The normalized spacial score (nSPS) is 12.6. The van der Waals surface area contributed by atoms with Crippen LogP contribution in [0, 0.1) is 0 Å². The average Bonchev–Trinajstić information content (AvgIpc) is 2.63. The first kappa shape index (κ1) is 24.5. The number of nitrogens with two attached hydrogens (primary N) is 1. The third-order valence-electron chi connectivity index (χ3n) is 4.52. The number of amides is 1. The molecule has 0 aromatic heterocycles. The van der Waals surface area contributed by atoms with Crippen molar-refractivity contribution in [2.24, 2.45) is 5.73 Å². The first-order valence-corrected chi connectivity index (χ1v) is 11.1. The van der Waals surface area contributed by atoms with Crippen LogP contribution < -0.4 is 11.1 Å². The molecule has 0 aromatic carbocycles. The Bertz CT molecular complexity index is 321. The van der Waals surface area contributed by atoms with Gasteiger partial charge in [0.05, 0.1) is 6.04 Å². The molecule has 0 rings (SSSR count). The van der Waals surface area contributed by atoms with E-state index in [1.54, 1.807) is 0 Å². The lowest BCUT2D eigenvalue weighted by Crippen LogP contribution is -2.42. The van der Waals surface area contributed by atoms with Crippen LogP contribution >= 0.6 is 12.6 Å². The molecule has 148 valence electrons. The third kappa shape index (κ3) is 18.1. The molecule has 0 aliphatic carbocycles. The summed E-state index contributed by atoms with van der Waals surface area (Å²) in [4.78, 5) is 11.4. The van der Waals surface area contributed by atoms with Gasteiger partial charge in [0.15, 0.2) is 0 Å². The van der Waals surface area contributed by atoms with E-state index in [0.717, 1.165) is 13.0 Å². The molecule has 0 aromatic rings. The lowest BCUT2D eigenvalue weighted by Gasteiger charge is -2.09. The highest BCUT2D eigenvalue weighted by atomic mass is 32.1. The minimum atomic E-state index is -0.475. The van der Waals surface area contributed by atoms with Gasteiger partial charge in [0.1, 0.15) is 0 Å². The van der Waals surface area contributed by atoms with Crippen molar-refractivity contribution in [3.05, 3.63) is 12.2 Å². The quantitative estimate of drug-likeness (QED) is 0.172. The van der Waals surface area contributed by atoms with Crippen molar-refractivity contribution >= 4 is 18.5 Å². The van der Waals surface area contributed by atoms with Gasteiger partial charge in [0, 0.05) is 12.3 Å². The summed E-state index contributed by atoms with van der Waals surface area (Å²) in [6.45, 7) is 3.01. The molecule has 25 heavy (non-hydrogen) atoms. The molecule has 1 atom stereocenters. The van der Waals surface area contributed by atoms with Crippen molar-refractivity contribution in [3.8, 4) is 0 Å². The fourth-order valence-electron chi connectivity index (χ4n) is 2.80. The van der Waals surface area contributed by atoms with Crippen molar-refractivity contribution < 1.29 is 4.79 Å². The number of unbranched alkanes of at least 4 members (excludes halogenated alkanes) is 12. The summed E-state index contributed by atoms with van der Waals surface area (Å²) >= 11 is 4.02. The Hall–Kier alpha value is -0.480. The Balaban J connectivity index is 3.18. The van der Waals surface area contributed by atoms with Crippen molar-refractivity contribution in [1.82, 2.24) is 5.32 Å². The lowest BCUT2D eigenvalue weighted by atomic mass is 10.1. The smallest absolute Gasteiger partial charge is 0.237 e. The van der Waals surface area contributed by atoms with Gasteiger partial charge in [-0.25, -0.2) is 0 Å². The van der Waals surface area contributed by atoms with Gasteiger partial charge in [-0.15, -0.1) is 0 Å². The van der Waals surface area contributed by atoms with E-state index < -0.39 is 6.04 Å². The molecule has 0 unspecified atom stereocenters. The number of carbonyl (C=O) groups is 1. The molecule has 0 saturated heterocycles. The van der Waals surface area contributed by atoms with Crippen molar-refractivity contribution in [2.75, 3.05) is 12.3 Å². The first-order chi connectivity index (χ1) is 12.2. The highest BCUT2D eigenvalue weighted by Gasteiger charge is 2.09. The van der Waals surface area contributed by atoms with E-state index in [1.807, 2.05) is 0 Å². The second-order valence-electron chi connectivity index (χ2n) is 7.02. The molecule has 3 nitrogen and oxygen atoms in total. The fourth-order valence-corrected chi connectivity index (χ4v) is 2.96. The molecule has 0 spiro atoms. The van der Waals surface area contributed by atoms with Crippen molar-refractivity contribution in [3.63, 3.8) is 0 Å². The monoisotopic (exact) mass is 370 g/mol. The predicted octanol–water partition coefficient (Wildman–Crippen LogP) is 5.40. The molecule has 3 N–H and O–H groups in total. The number of allylic oxidation sites excluding steroid dienone is 2. The average molecular weight is 371 g/mol. The van der Waals surface area contributed by atoms with Crippen LogP contribution in [0.15, 0.2) is 12.2 Å². The molecule has 1 amide bonds. The van der Waals surface area contributed by atoms with E-state index >= 15 is 0 Å². The van der Waals surface area contributed by atoms with Gasteiger partial charge in [-0.05, 0) is 32.1 Å². The minimum absolute atomic E-state index is 0.0808. The predicted molar refractivity (Wildman–Crippen MR) is 114 cm³/mol. The Morgan fingerprint density at radius 1 is 0.880 bits per heavy atom. The van der Waals surface area contributed by atoms with E-state index in [0.29, 0.717) is 5.75 Å². The molecule has 0 aliphatic heterocycles. The summed E-state index contributed by atoms with van der Waals surface area (Å²) in [5.74, 6) is 0.321. The number of carbonyl (C=O) groups excluding carboxylic acids is 1. The zero-order valence-corrected chi connectivity index (χ0v) is 17.4. The highest BCUT2D eigenvalue weighted by Crippen LogP contribution is 2.09. The van der Waals surface area contributed by atoms with Crippen LogP contribution in [0.4, 0.5) is 0 Å². The van der Waals surface area contributed by atoms with Crippen LogP contribution in [0.1, 0.15) is 96.8 Å². The van der Waals surface area contributed by atoms with E-state index in [1.165, 1.54) is 83.5 Å². The number of thiol groups is 1. The molecule has 0 bridgehead atoms. The number of hydrogen-bond donors (Lipinski definition) is 3. The Morgan fingerprint density at radius 2 is 1.36 bits per heavy atom. The summed E-state index contributed by atoms with van der Waals surface area (Å²) < 4.78 is 0. The molecule has 0 fully saturated rings. The van der Waals surface area contributed by atoms with Crippen molar-refractivity contribution in [1.29, 1.82) is 0 Å². The molecular formula is C21H42N2OS.